The molecule has 3 N–H and O–H groups in total. The van der Waals surface area contributed by atoms with Gasteiger partial charge in [0.25, 0.3) is 0 Å². The number of aliphatic hydroxyl groups excluding tert-OH is 3. The van der Waals surface area contributed by atoms with Gasteiger partial charge in [-0.05, 0) is 142 Å². The number of fused-ring (bicyclic) bond motifs is 10. The third kappa shape index (κ3) is 16.6. The summed E-state index contributed by atoms with van der Waals surface area (Å²) in [5, 5.41) is 26.1. The summed E-state index contributed by atoms with van der Waals surface area (Å²) in [4.78, 5) is -2.76. The third-order valence-corrected chi connectivity index (χ3v) is 32.0. The summed E-state index contributed by atoms with van der Waals surface area (Å²) < 4.78 is 376. The number of aliphatic hydroxyl groups is 3. The first-order chi connectivity index (χ1) is 57.4. The fraction of sp³-hybridized carbons (Fsp3) is 0.366. The first-order valence-electron chi connectivity index (χ1n) is 37.1. The van der Waals surface area contributed by atoms with Crippen molar-refractivity contribution in [2.75, 3.05) is 72.7 Å². The Hall–Kier alpha value is -9.16. The lowest BCUT2D eigenvalue weighted by Crippen LogP contribution is -2.57. The van der Waals surface area contributed by atoms with Crippen LogP contribution in [0.15, 0.2) is 166 Å². The molecule has 0 aliphatic carbocycles. The van der Waals surface area contributed by atoms with E-state index in [9.17, 15) is 101 Å². The molecule has 0 amide bonds. The quantitative estimate of drug-likeness (QED) is 0.0472. The predicted molar refractivity (Wildman–Crippen MR) is 396 cm³/mol. The lowest BCUT2D eigenvalue weighted by atomic mass is 9.75. The van der Waals surface area contributed by atoms with E-state index in [0.717, 1.165) is 48.5 Å². The van der Waals surface area contributed by atoms with Gasteiger partial charge in [0, 0.05) is 81.0 Å². The molecule has 0 unspecified atom stereocenters. The van der Waals surface area contributed by atoms with Crippen LogP contribution < -0.4 is 18.9 Å². The highest BCUT2D eigenvalue weighted by Gasteiger charge is 2.65. The lowest BCUT2D eigenvalue weighted by molar-refractivity contribution is -0.0808. The second-order valence-electron chi connectivity index (χ2n) is 28.9. The number of sulfone groups is 4. The van der Waals surface area contributed by atoms with Crippen LogP contribution >= 0.6 is 0 Å². The minimum Gasteiger partial charge on any atom is -0.490 e. The minimum absolute atomic E-state index is 0.0229. The Balaban J connectivity index is 0.000000148. The molecule has 8 aromatic carbocycles. The molecule has 12 atom stereocenters. The molecular formula is C82H74F16O19S4. The van der Waals surface area contributed by atoms with Crippen molar-refractivity contribution in [3.8, 4) is 23.0 Å². The van der Waals surface area contributed by atoms with E-state index in [4.69, 9.17) is 43.0 Å². The molecule has 19 nitrogen and oxygen atoms in total. The van der Waals surface area contributed by atoms with Gasteiger partial charge in [0.15, 0.2) is 85.6 Å². The monoisotopic (exact) mass is 1790 g/mol. The van der Waals surface area contributed by atoms with Gasteiger partial charge >= 0.3 is 0 Å². The smallest absolute Gasteiger partial charge is 0.189 e. The number of rotatable bonds is 20. The van der Waals surface area contributed by atoms with Gasteiger partial charge in [-0.25, -0.2) is 104 Å². The van der Waals surface area contributed by atoms with Crippen LogP contribution in [0.4, 0.5) is 70.2 Å². The summed E-state index contributed by atoms with van der Waals surface area (Å²) in [7, 11) is -18.6. The van der Waals surface area contributed by atoms with Crippen molar-refractivity contribution >= 4 is 39.3 Å². The van der Waals surface area contributed by atoms with Gasteiger partial charge in [-0.2, -0.15) is 0 Å². The van der Waals surface area contributed by atoms with Gasteiger partial charge in [0.2, 0.25) is 0 Å². The Kier molecular flexibility index (Phi) is 27.3. The van der Waals surface area contributed by atoms with E-state index < -0.39 is 265 Å². The largest absolute Gasteiger partial charge is 0.490 e. The van der Waals surface area contributed by atoms with Crippen LogP contribution in [-0.4, -0.2) is 146 Å². The fourth-order valence-electron chi connectivity index (χ4n) is 17.3. The first-order valence-corrected chi connectivity index (χ1v) is 43.1. The van der Waals surface area contributed by atoms with Crippen LogP contribution in [0.5, 0.6) is 23.0 Å². The van der Waals surface area contributed by atoms with Crippen LogP contribution in [0, 0.1) is 117 Å². The molecule has 7 aliphatic rings. The van der Waals surface area contributed by atoms with E-state index in [1.807, 2.05) is 0 Å². The summed E-state index contributed by atoms with van der Waals surface area (Å²) >= 11 is 0. The SMILES string of the molecule is C=CC[C@@H]1OCC[C@@]2(S(=O)(=O)c3cc(F)cc(F)c3)c3c(F)ccc(F)c3OC[C@@H]12.C=CC[C@H](OCCO)[C@@H]1COc2c(F)ccc(F)c2[C@H]1S(=O)(=O)c1cc(F)cc(F)c1.O=S(=O)(c1cc(F)cc(F)c1)[C@@]12CCO[C@@H](CCO)[C@@H]1COc1c(F)ccc(F)c12.O=S(=O)(c1cc(F)cc(F)c1)[C@]12CCO[C@H](CCO)[C@H]1COc1c(F)ccc(F)c12. The van der Waals surface area contributed by atoms with Crippen molar-refractivity contribution < 1.29 is 157 Å². The van der Waals surface area contributed by atoms with Crippen molar-refractivity contribution in [1.29, 1.82) is 0 Å². The molecule has 0 saturated carbocycles. The number of benzene rings is 8. The molecule has 0 spiro atoms. The summed E-state index contributed by atoms with van der Waals surface area (Å²) in [5.74, 6) is -23.1. The van der Waals surface area contributed by atoms with E-state index in [2.05, 4.69) is 13.2 Å². The molecule has 39 heteroatoms. The number of ether oxygens (including phenoxy) is 8. The number of hydrogen-bond acceptors (Lipinski definition) is 19. The molecular weight excluding hydrogens is 1720 g/mol. The lowest BCUT2D eigenvalue weighted by Gasteiger charge is -2.50. The van der Waals surface area contributed by atoms with Crippen molar-refractivity contribution in [2.24, 2.45) is 23.7 Å². The van der Waals surface area contributed by atoms with Gasteiger partial charge in [-0.15, -0.1) is 13.2 Å². The molecule has 652 valence electrons. The van der Waals surface area contributed by atoms with Gasteiger partial charge in [-0.3, -0.25) is 0 Å². The maximum atomic E-state index is 15.1. The zero-order chi connectivity index (χ0) is 87.8. The van der Waals surface area contributed by atoms with E-state index in [1.54, 1.807) is 0 Å². The maximum Gasteiger partial charge on any atom is 0.189 e. The minimum atomic E-state index is -4.66. The van der Waals surface area contributed by atoms with E-state index >= 15 is 13.2 Å². The molecule has 0 radical (unpaired) electrons. The van der Waals surface area contributed by atoms with Crippen LogP contribution in [0.3, 0.4) is 0 Å². The zero-order valence-electron chi connectivity index (χ0n) is 63.1. The van der Waals surface area contributed by atoms with Gasteiger partial charge < -0.3 is 53.2 Å². The van der Waals surface area contributed by atoms with Crippen LogP contribution in [0.2, 0.25) is 0 Å². The van der Waals surface area contributed by atoms with Crippen molar-refractivity contribution in [2.45, 2.75) is 108 Å². The fourth-order valence-corrected chi connectivity index (χ4v) is 26.5. The predicted octanol–water partition coefficient (Wildman–Crippen LogP) is 14.2. The summed E-state index contributed by atoms with van der Waals surface area (Å²) in [5.41, 5.74) is -2.09. The molecule has 3 saturated heterocycles. The Labute approximate surface area is 682 Å². The van der Waals surface area contributed by atoms with E-state index in [0.29, 0.717) is 72.8 Å². The number of halogens is 16. The van der Waals surface area contributed by atoms with E-state index in [-0.39, 0.29) is 118 Å². The first kappa shape index (κ1) is 91.1. The van der Waals surface area contributed by atoms with Crippen LogP contribution in [0.1, 0.15) is 72.4 Å². The highest BCUT2D eigenvalue weighted by atomic mass is 32.2. The van der Waals surface area contributed by atoms with Crippen LogP contribution in [0.25, 0.3) is 0 Å². The summed E-state index contributed by atoms with van der Waals surface area (Å²) in [6.45, 7) is 4.30. The highest BCUT2D eigenvalue weighted by Crippen LogP contribution is 2.60. The zero-order valence-corrected chi connectivity index (χ0v) is 66.4. The molecule has 7 aliphatic heterocycles. The Morgan fingerprint density at radius 2 is 0.694 bits per heavy atom. The molecule has 0 bridgehead atoms. The Morgan fingerprint density at radius 1 is 0.388 bits per heavy atom. The molecule has 0 aromatic heterocycles. The number of hydrogen-bond donors (Lipinski definition) is 3. The van der Waals surface area contributed by atoms with E-state index in [1.165, 1.54) is 12.2 Å². The van der Waals surface area contributed by atoms with Crippen molar-refractivity contribution in [3.63, 3.8) is 0 Å². The van der Waals surface area contributed by atoms with Crippen molar-refractivity contribution in [3.05, 3.63) is 262 Å². The molecule has 7 heterocycles. The standard InChI is InChI=1S/C21H20F4O5S.C21H18F4O4S.2C20H18F4O5S/c1-2-3-18(29-7-6-26)15-11-30-20-17(25)5-4-16(24)19(20)21(15)31(27,28)14-9-12(22)8-13(23)10-14;1-2-3-18-15-11-29-20-17(25)5-4-16(24)19(20)21(15,6-7-28-18)30(26,27)14-9-12(22)8-13(23)10-14;2*21-11-7-12(22)9-13(8-11)30(26,27)20-4-6-28-17(3-5-25)14(20)10-29-19-16(24)2-1-15(23)18(19)20/h2,4-5,8-10,15,18,21,26H,1,3,6-7,11H2;2,4-5,8-10,15,18H,1,3,6-7,11H2;2*1-2,7-9,14,17,25H,3-6,10H2/t2*15-,18-,21-;2*14-,17-,20-/m0010/s1. The van der Waals surface area contributed by atoms with Crippen LogP contribution in [-0.2, 0) is 72.5 Å². The third-order valence-electron chi connectivity index (χ3n) is 22.3. The van der Waals surface area contributed by atoms with Gasteiger partial charge in [0.05, 0.1) is 106 Å². The molecule has 121 heavy (non-hydrogen) atoms. The molecule has 3 fully saturated rings. The van der Waals surface area contributed by atoms with Crippen molar-refractivity contribution in [1.82, 2.24) is 0 Å². The summed E-state index contributed by atoms with van der Waals surface area (Å²) in [6.07, 6.45) is -0.809. The van der Waals surface area contributed by atoms with Gasteiger partial charge in [0.1, 0.15) is 89.3 Å². The second kappa shape index (κ2) is 36.3. The highest BCUT2D eigenvalue weighted by molar-refractivity contribution is 7.93. The Morgan fingerprint density at radius 3 is 1.02 bits per heavy atom. The average Bonchev–Trinajstić information content (AvgIpc) is 0.704. The second-order valence-corrected chi connectivity index (χ2v) is 37.6. The normalized spacial score (nSPS) is 24.2. The molecule has 8 aromatic rings. The van der Waals surface area contributed by atoms with Gasteiger partial charge in [-0.1, -0.05) is 12.2 Å². The summed E-state index contributed by atoms with van der Waals surface area (Å²) in [6, 6.07) is 13.7. The molecule has 15 rings (SSSR count). The topological polar surface area (TPSA) is 271 Å². The average molecular weight is 1800 g/mol. The Bertz CT molecular complexity index is 5500. The maximum absolute atomic E-state index is 15.1.